The topological polar surface area (TPSA) is 66.9 Å². The summed E-state index contributed by atoms with van der Waals surface area (Å²) in [5.74, 6) is 0.632. The molecule has 1 amide bonds. The van der Waals surface area contributed by atoms with Crippen LogP contribution in [0.1, 0.15) is 60.5 Å². The monoisotopic (exact) mass is 444 g/mol. The van der Waals surface area contributed by atoms with E-state index >= 15 is 0 Å². The molecule has 1 aliphatic rings. The van der Waals surface area contributed by atoms with Crippen molar-refractivity contribution in [3.8, 4) is 5.75 Å². The van der Waals surface area contributed by atoms with Crippen LogP contribution < -0.4 is 4.74 Å². The van der Waals surface area contributed by atoms with E-state index in [1.807, 2.05) is 24.3 Å². The molecule has 0 atom stereocenters. The van der Waals surface area contributed by atoms with Crippen LogP contribution in [-0.4, -0.2) is 50.8 Å². The van der Waals surface area contributed by atoms with Crippen molar-refractivity contribution in [2.24, 2.45) is 0 Å². The minimum atomic E-state index is -3.77. The molecule has 0 spiro atoms. The number of methoxy groups -OCH3 is 1. The van der Waals surface area contributed by atoms with Crippen LogP contribution in [0.15, 0.2) is 47.4 Å². The molecule has 1 heterocycles. The second-order valence-corrected chi connectivity index (χ2v) is 10.4. The zero-order valence-electron chi connectivity index (χ0n) is 18.8. The van der Waals surface area contributed by atoms with Gasteiger partial charge in [0.1, 0.15) is 5.75 Å². The van der Waals surface area contributed by atoms with Crippen LogP contribution in [-0.2, 0) is 16.6 Å². The van der Waals surface area contributed by atoms with Gasteiger partial charge in [0.2, 0.25) is 10.0 Å². The molecule has 3 rings (SSSR count). The fraction of sp³-hybridized carbons (Fsp3) is 0.458. The van der Waals surface area contributed by atoms with Crippen molar-refractivity contribution in [3.63, 3.8) is 0 Å². The second kappa shape index (κ2) is 9.83. The quantitative estimate of drug-likeness (QED) is 0.640. The predicted octanol–water partition coefficient (Wildman–Crippen LogP) is 4.27. The molecule has 1 saturated heterocycles. The van der Waals surface area contributed by atoms with Gasteiger partial charge in [0.25, 0.3) is 5.91 Å². The lowest BCUT2D eigenvalue weighted by Gasteiger charge is -2.27. The lowest BCUT2D eigenvalue weighted by atomic mass is 10.0. The maximum absolute atomic E-state index is 13.2. The van der Waals surface area contributed by atoms with Crippen molar-refractivity contribution in [1.82, 2.24) is 9.21 Å². The van der Waals surface area contributed by atoms with Crippen LogP contribution in [0.3, 0.4) is 0 Å². The van der Waals surface area contributed by atoms with Crippen molar-refractivity contribution in [2.45, 2.75) is 50.5 Å². The van der Waals surface area contributed by atoms with Crippen LogP contribution in [0.2, 0.25) is 0 Å². The molecule has 6 nitrogen and oxygen atoms in total. The first kappa shape index (κ1) is 23.3. The summed E-state index contributed by atoms with van der Waals surface area (Å²) in [5.41, 5.74) is 2.42. The Hall–Kier alpha value is -2.38. The molecule has 31 heavy (non-hydrogen) atoms. The van der Waals surface area contributed by atoms with Crippen LogP contribution in [0, 0.1) is 0 Å². The summed E-state index contributed by atoms with van der Waals surface area (Å²) < 4.78 is 33.1. The zero-order chi connectivity index (χ0) is 22.6. The van der Waals surface area contributed by atoms with Gasteiger partial charge in [-0.05, 0) is 54.5 Å². The smallest absolute Gasteiger partial charge is 0.257 e. The first-order valence-electron chi connectivity index (χ1n) is 10.8. The van der Waals surface area contributed by atoms with E-state index in [2.05, 4.69) is 13.8 Å². The molecule has 7 heteroatoms. The van der Waals surface area contributed by atoms with Gasteiger partial charge in [-0.1, -0.05) is 38.1 Å². The number of nitrogens with zero attached hydrogens (tertiary/aromatic N) is 2. The number of piperidine rings is 1. The minimum Gasteiger partial charge on any atom is -0.496 e. The Bertz CT molecular complexity index is 1010. The number of carbonyl (C=O) groups excluding carboxylic acids is 1. The molecular formula is C24H32N2O4S. The number of rotatable bonds is 7. The van der Waals surface area contributed by atoms with Gasteiger partial charge in [-0.15, -0.1) is 0 Å². The molecule has 2 aromatic rings. The molecule has 0 bridgehead atoms. The first-order valence-corrected chi connectivity index (χ1v) is 12.2. The van der Waals surface area contributed by atoms with E-state index in [9.17, 15) is 13.2 Å². The van der Waals surface area contributed by atoms with Crippen molar-refractivity contribution < 1.29 is 17.9 Å². The van der Waals surface area contributed by atoms with Gasteiger partial charge < -0.3 is 9.64 Å². The molecule has 0 saturated carbocycles. The maximum Gasteiger partial charge on any atom is 0.257 e. The van der Waals surface area contributed by atoms with E-state index in [0.717, 1.165) is 24.8 Å². The highest BCUT2D eigenvalue weighted by molar-refractivity contribution is 7.89. The number of carbonyl (C=O) groups is 1. The third-order valence-corrected chi connectivity index (χ3v) is 7.60. The molecular weight excluding hydrogens is 412 g/mol. The number of benzene rings is 2. The predicted molar refractivity (Wildman–Crippen MR) is 122 cm³/mol. The molecule has 0 radical (unpaired) electrons. The number of ether oxygens (including phenoxy) is 1. The Labute approximate surface area is 185 Å². The van der Waals surface area contributed by atoms with E-state index in [-0.39, 0.29) is 17.3 Å². The summed E-state index contributed by atoms with van der Waals surface area (Å²) in [7, 11) is -0.721. The fourth-order valence-corrected chi connectivity index (χ4v) is 5.00. The van der Waals surface area contributed by atoms with E-state index < -0.39 is 10.0 Å². The van der Waals surface area contributed by atoms with Crippen molar-refractivity contribution >= 4 is 15.9 Å². The molecule has 2 aromatic carbocycles. The Morgan fingerprint density at radius 1 is 1.06 bits per heavy atom. The van der Waals surface area contributed by atoms with Crippen LogP contribution in [0.4, 0.5) is 0 Å². The Kier molecular flexibility index (Phi) is 7.38. The third kappa shape index (κ3) is 5.28. The third-order valence-electron chi connectivity index (χ3n) is 5.80. The summed E-state index contributed by atoms with van der Waals surface area (Å²) in [4.78, 5) is 14.9. The van der Waals surface area contributed by atoms with Gasteiger partial charge >= 0.3 is 0 Å². The molecule has 168 valence electrons. The van der Waals surface area contributed by atoms with E-state index in [4.69, 9.17) is 4.74 Å². The molecule has 1 fully saturated rings. The molecule has 0 N–H and O–H groups in total. The van der Waals surface area contributed by atoms with E-state index in [0.29, 0.717) is 30.3 Å². The summed E-state index contributed by atoms with van der Waals surface area (Å²) in [6, 6.07) is 12.5. The molecule has 0 unspecified atom stereocenters. The Morgan fingerprint density at radius 3 is 2.29 bits per heavy atom. The van der Waals surface area contributed by atoms with Gasteiger partial charge in [-0.2, -0.15) is 4.31 Å². The number of hydrogen-bond donors (Lipinski definition) is 0. The highest BCUT2D eigenvalue weighted by atomic mass is 32.2. The van der Waals surface area contributed by atoms with E-state index in [1.54, 1.807) is 18.0 Å². The highest BCUT2D eigenvalue weighted by Gasteiger charge is 2.26. The van der Waals surface area contributed by atoms with Gasteiger partial charge in [0.15, 0.2) is 0 Å². The molecule has 0 aliphatic carbocycles. The normalized spacial score (nSPS) is 14.8. The largest absolute Gasteiger partial charge is 0.496 e. The van der Waals surface area contributed by atoms with Crippen LogP contribution >= 0.6 is 0 Å². The van der Waals surface area contributed by atoms with Crippen LogP contribution in [0.25, 0.3) is 0 Å². The summed E-state index contributed by atoms with van der Waals surface area (Å²) in [5, 5.41) is 0. The highest BCUT2D eigenvalue weighted by Crippen LogP contribution is 2.27. The van der Waals surface area contributed by atoms with Crippen molar-refractivity contribution in [2.75, 3.05) is 27.2 Å². The van der Waals surface area contributed by atoms with Gasteiger partial charge in [0.05, 0.1) is 17.6 Å². The van der Waals surface area contributed by atoms with Gasteiger partial charge in [0, 0.05) is 26.7 Å². The minimum absolute atomic E-state index is 0.0926. The summed E-state index contributed by atoms with van der Waals surface area (Å²) >= 11 is 0. The maximum atomic E-state index is 13.2. The Balaban J connectivity index is 1.85. The zero-order valence-corrected chi connectivity index (χ0v) is 19.6. The first-order chi connectivity index (χ1) is 14.7. The van der Waals surface area contributed by atoms with Crippen LogP contribution in [0.5, 0.6) is 5.75 Å². The average Bonchev–Trinajstić information content (AvgIpc) is 2.79. The number of amides is 1. The SMILES string of the molecule is COc1ccc(S(=O)(=O)N(C)Cc2ccc(C(C)C)cc2)cc1C(=O)N1CCCCC1. The lowest BCUT2D eigenvalue weighted by Crippen LogP contribution is -2.36. The van der Waals surface area contributed by atoms with E-state index in [1.165, 1.54) is 29.1 Å². The molecule has 1 aliphatic heterocycles. The number of sulfonamides is 1. The summed E-state index contributed by atoms with van der Waals surface area (Å²) in [6.07, 6.45) is 3.03. The van der Waals surface area contributed by atoms with Crippen molar-refractivity contribution in [3.05, 3.63) is 59.2 Å². The molecule has 0 aromatic heterocycles. The Morgan fingerprint density at radius 2 is 1.71 bits per heavy atom. The average molecular weight is 445 g/mol. The summed E-state index contributed by atoms with van der Waals surface area (Å²) in [6.45, 7) is 5.87. The second-order valence-electron chi connectivity index (χ2n) is 8.37. The van der Waals surface area contributed by atoms with Gasteiger partial charge in [-0.3, -0.25) is 4.79 Å². The van der Waals surface area contributed by atoms with Crippen molar-refractivity contribution in [1.29, 1.82) is 0 Å². The fourth-order valence-electron chi connectivity index (χ4n) is 3.81. The number of likely N-dealkylation sites (tertiary alicyclic amines) is 1. The number of hydrogen-bond acceptors (Lipinski definition) is 4. The van der Waals surface area contributed by atoms with Gasteiger partial charge in [-0.25, -0.2) is 8.42 Å². The lowest BCUT2D eigenvalue weighted by molar-refractivity contribution is 0.0720. The standard InChI is InChI=1S/C24H32N2O4S/c1-18(2)20-10-8-19(9-11-20)17-25(3)31(28,29)21-12-13-23(30-4)22(16-21)24(27)26-14-6-5-7-15-26/h8-13,16,18H,5-7,14-15,17H2,1-4H3.